The molecule has 1 saturated heterocycles. The standard InChI is InChI=1S/C11H13F2NO/c1-14-5-4-10(15)11(14)7-2-3-8(12)9(13)6-7/h2-3,6,10-11,15H,4-5H2,1H3. The second-order valence-corrected chi connectivity index (χ2v) is 3.96. The van der Waals surface area contributed by atoms with E-state index in [1.165, 1.54) is 6.07 Å². The first-order chi connectivity index (χ1) is 7.09. The molecular weight excluding hydrogens is 200 g/mol. The maximum atomic E-state index is 13.0. The van der Waals surface area contributed by atoms with Crippen molar-refractivity contribution in [3.05, 3.63) is 35.4 Å². The third-order valence-electron chi connectivity index (χ3n) is 2.90. The number of likely N-dealkylation sites (N-methyl/N-ethyl adjacent to an activating group) is 1. The van der Waals surface area contributed by atoms with Gasteiger partial charge in [0.2, 0.25) is 0 Å². The number of hydrogen-bond acceptors (Lipinski definition) is 2. The van der Waals surface area contributed by atoms with Crippen LogP contribution in [0.25, 0.3) is 0 Å². The van der Waals surface area contributed by atoms with Crippen molar-refractivity contribution in [1.82, 2.24) is 4.90 Å². The molecule has 2 rings (SSSR count). The fourth-order valence-corrected chi connectivity index (χ4v) is 2.10. The van der Waals surface area contributed by atoms with Gasteiger partial charge in [0.1, 0.15) is 0 Å². The monoisotopic (exact) mass is 213 g/mol. The van der Waals surface area contributed by atoms with Crippen LogP contribution in [0.5, 0.6) is 0 Å². The summed E-state index contributed by atoms with van der Waals surface area (Å²) in [5, 5.41) is 9.72. The minimum Gasteiger partial charge on any atom is -0.391 e. The lowest BCUT2D eigenvalue weighted by molar-refractivity contribution is 0.127. The third kappa shape index (κ3) is 1.87. The second-order valence-electron chi connectivity index (χ2n) is 3.96. The maximum absolute atomic E-state index is 13.0. The number of likely N-dealkylation sites (tertiary alicyclic amines) is 1. The van der Waals surface area contributed by atoms with Gasteiger partial charge in [0.05, 0.1) is 12.1 Å². The van der Waals surface area contributed by atoms with Crippen LogP contribution in [0.15, 0.2) is 18.2 Å². The highest BCUT2D eigenvalue weighted by molar-refractivity contribution is 5.23. The van der Waals surface area contributed by atoms with Gasteiger partial charge in [-0.25, -0.2) is 8.78 Å². The molecular formula is C11H13F2NO. The van der Waals surface area contributed by atoms with E-state index in [1.807, 2.05) is 11.9 Å². The highest BCUT2D eigenvalue weighted by Gasteiger charge is 2.31. The van der Waals surface area contributed by atoms with E-state index < -0.39 is 17.7 Å². The Morgan fingerprint density at radius 1 is 1.33 bits per heavy atom. The zero-order valence-electron chi connectivity index (χ0n) is 8.45. The normalized spacial score (nSPS) is 27.2. The molecule has 1 fully saturated rings. The van der Waals surface area contributed by atoms with Crippen LogP contribution in [-0.2, 0) is 0 Å². The van der Waals surface area contributed by atoms with Crippen LogP contribution in [0.1, 0.15) is 18.0 Å². The summed E-state index contributed by atoms with van der Waals surface area (Å²) >= 11 is 0. The molecule has 1 aromatic carbocycles. The molecule has 2 unspecified atom stereocenters. The van der Waals surface area contributed by atoms with Gasteiger partial charge in [0, 0.05) is 6.54 Å². The highest BCUT2D eigenvalue weighted by Crippen LogP contribution is 2.31. The molecule has 2 nitrogen and oxygen atoms in total. The lowest BCUT2D eigenvalue weighted by atomic mass is 10.0. The maximum Gasteiger partial charge on any atom is 0.159 e. The third-order valence-corrected chi connectivity index (χ3v) is 2.90. The van der Waals surface area contributed by atoms with E-state index in [4.69, 9.17) is 0 Å². The van der Waals surface area contributed by atoms with E-state index in [9.17, 15) is 13.9 Å². The Hall–Kier alpha value is -1.00. The molecule has 4 heteroatoms. The molecule has 82 valence electrons. The Bertz CT molecular complexity index is 360. The van der Waals surface area contributed by atoms with E-state index in [1.54, 1.807) is 0 Å². The molecule has 1 heterocycles. The number of nitrogens with zero attached hydrogens (tertiary/aromatic N) is 1. The van der Waals surface area contributed by atoms with Crippen LogP contribution in [0, 0.1) is 11.6 Å². The molecule has 0 saturated carbocycles. The lowest BCUT2D eigenvalue weighted by Gasteiger charge is -2.22. The van der Waals surface area contributed by atoms with Crippen molar-refractivity contribution in [2.24, 2.45) is 0 Å². The average molecular weight is 213 g/mol. The zero-order chi connectivity index (χ0) is 11.0. The van der Waals surface area contributed by atoms with Crippen molar-refractivity contribution in [3.8, 4) is 0 Å². The predicted octanol–water partition coefficient (Wildman–Crippen LogP) is 1.70. The SMILES string of the molecule is CN1CCC(O)C1c1ccc(F)c(F)c1. The quantitative estimate of drug-likeness (QED) is 0.767. The van der Waals surface area contributed by atoms with E-state index >= 15 is 0 Å². The van der Waals surface area contributed by atoms with Gasteiger partial charge in [0.25, 0.3) is 0 Å². The number of benzene rings is 1. The van der Waals surface area contributed by atoms with Gasteiger partial charge in [-0.15, -0.1) is 0 Å². The predicted molar refractivity (Wildman–Crippen MR) is 52.4 cm³/mol. The molecule has 1 aliphatic heterocycles. The first-order valence-corrected chi connectivity index (χ1v) is 4.93. The van der Waals surface area contributed by atoms with Crippen molar-refractivity contribution < 1.29 is 13.9 Å². The van der Waals surface area contributed by atoms with E-state index in [-0.39, 0.29) is 6.04 Å². The van der Waals surface area contributed by atoms with E-state index in [0.717, 1.165) is 18.7 Å². The molecule has 0 radical (unpaired) electrons. The molecule has 15 heavy (non-hydrogen) atoms. The van der Waals surface area contributed by atoms with Gasteiger partial charge in [-0.1, -0.05) is 6.07 Å². The lowest BCUT2D eigenvalue weighted by Crippen LogP contribution is -2.23. The number of hydrogen-bond donors (Lipinski definition) is 1. The summed E-state index contributed by atoms with van der Waals surface area (Å²) in [4.78, 5) is 1.94. The summed E-state index contributed by atoms with van der Waals surface area (Å²) in [6.07, 6.45) is 0.167. The summed E-state index contributed by atoms with van der Waals surface area (Å²) in [6, 6.07) is 3.56. The number of halogens is 2. The van der Waals surface area contributed by atoms with E-state index in [2.05, 4.69) is 0 Å². The Labute approximate surface area is 87.1 Å². The molecule has 0 aliphatic carbocycles. The van der Waals surface area contributed by atoms with Crippen molar-refractivity contribution in [2.45, 2.75) is 18.6 Å². The van der Waals surface area contributed by atoms with Crippen LogP contribution in [-0.4, -0.2) is 29.7 Å². The van der Waals surface area contributed by atoms with Crippen molar-refractivity contribution in [2.75, 3.05) is 13.6 Å². The largest absolute Gasteiger partial charge is 0.391 e. The van der Waals surface area contributed by atoms with Crippen molar-refractivity contribution >= 4 is 0 Å². The topological polar surface area (TPSA) is 23.5 Å². The Balaban J connectivity index is 2.32. The van der Waals surface area contributed by atoms with Gasteiger partial charge in [-0.3, -0.25) is 4.90 Å². The van der Waals surface area contributed by atoms with Gasteiger partial charge >= 0.3 is 0 Å². The molecule has 0 spiro atoms. The summed E-state index contributed by atoms with van der Waals surface area (Å²) < 4.78 is 25.7. The van der Waals surface area contributed by atoms with Crippen molar-refractivity contribution in [1.29, 1.82) is 0 Å². The molecule has 1 aromatic rings. The summed E-state index contributed by atoms with van der Waals surface area (Å²) in [5.74, 6) is -1.71. The van der Waals surface area contributed by atoms with Gasteiger partial charge in [0.15, 0.2) is 11.6 Å². The zero-order valence-corrected chi connectivity index (χ0v) is 8.45. The fourth-order valence-electron chi connectivity index (χ4n) is 2.10. The molecule has 1 aliphatic rings. The van der Waals surface area contributed by atoms with Gasteiger partial charge in [-0.05, 0) is 31.2 Å². The van der Waals surface area contributed by atoms with Crippen LogP contribution >= 0.6 is 0 Å². The molecule has 0 bridgehead atoms. The molecule has 1 N–H and O–H groups in total. The number of aliphatic hydroxyl groups excluding tert-OH is 1. The average Bonchev–Trinajstić information content (AvgIpc) is 2.52. The van der Waals surface area contributed by atoms with Crippen LogP contribution in [0.4, 0.5) is 8.78 Å². The number of aliphatic hydroxyl groups is 1. The first-order valence-electron chi connectivity index (χ1n) is 4.93. The summed E-state index contributed by atoms with van der Waals surface area (Å²) in [5.41, 5.74) is 0.626. The fraction of sp³-hybridized carbons (Fsp3) is 0.455. The summed E-state index contributed by atoms with van der Waals surface area (Å²) in [6.45, 7) is 0.769. The van der Waals surface area contributed by atoms with Crippen molar-refractivity contribution in [3.63, 3.8) is 0 Å². The van der Waals surface area contributed by atoms with E-state index in [0.29, 0.717) is 12.0 Å². The van der Waals surface area contributed by atoms with Crippen LogP contribution < -0.4 is 0 Å². The Kier molecular flexibility index (Phi) is 2.71. The smallest absolute Gasteiger partial charge is 0.159 e. The first kappa shape index (κ1) is 10.5. The highest BCUT2D eigenvalue weighted by atomic mass is 19.2. The van der Waals surface area contributed by atoms with Gasteiger partial charge < -0.3 is 5.11 Å². The van der Waals surface area contributed by atoms with Crippen LogP contribution in [0.2, 0.25) is 0 Å². The molecule has 2 atom stereocenters. The minimum absolute atomic E-state index is 0.222. The Morgan fingerprint density at radius 3 is 2.60 bits per heavy atom. The number of rotatable bonds is 1. The summed E-state index contributed by atoms with van der Waals surface area (Å²) in [7, 11) is 1.86. The second kappa shape index (κ2) is 3.87. The Morgan fingerprint density at radius 2 is 2.07 bits per heavy atom. The minimum atomic E-state index is -0.861. The molecule has 0 amide bonds. The molecule has 0 aromatic heterocycles. The van der Waals surface area contributed by atoms with Crippen LogP contribution in [0.3, 0.4) is 0 Å². The van der Waals surface area contributed by atoms with Gasteiger partial charge in [-0.2, -0.15) is 0 Å².